The molecule has 0 bridgehead atoms. The van der Waals surface area contributed by atoms with Crippen LogP contribution in [-0.4, -0.2) is 26.9 Å². The predicted molar refractivity (Wildman–Crippen MR) is 140 cm³/mol. The molecule has 0 atom stereocenters. The zero-order valence-corrected chi connectivity index (χ0v) is 21.4. The summed E-state index contributed by atoms with van der Waals surface area (Å²) in [6, 6.07) is 22.2. The van der Waals surface area contributed by atoms with Gasteiger partial charge in [-0.25, -0.2) is 10.4 Å². The second kappa shape index (κ2) is 10.5. The summed E-state index contributed by atoms with van der Waals surface area (Å²) >= 11 is 8.03. The monoisotopic (exact) mass is 584 g/mol. The summed E-state index contributed by atoms with van der Waals surface area (Å²) in [5, 5.41) is 5.15. The average molecular weight is 586 g/mol. The van der Waals surface area contributed by atoms with Crippen molar-refractivity contribution in [3.05, 3.63) is 97.7 Å². The molecule has 0 spiro atoms. The Hall–Kier alpha value is -2.75. The van der Waals surface area contributed by atoms with Gasteiger partial charge in [-0.1, -0.05) is 67.9 Å². The van der Waals surface area contributed by atoms with Crippen molar-refractivity contribution < 1.29 is 4.79 Å². The molecule has 1 N–H and O–H groups in total. The molecular formula is C24H18Br2N4O2S. The first-order chi connectivity index (χ1) is 15.9. The van der Waals surface area contributed by atoms with E-state index in [4.69, 9.17) is 0 Å². The molecule has 0 radical (unpaired) electrons. The van der Waals surface area contributed by atoms with Gasteiger partial charge in [0.15, 0.2) is 5.16 Å². The third kappa shape index (κ3) is 5.61. The van der Waals surface area contributed by atoms with Crippen LogP contribution in [0.25, 0.3) is 16.6 Å². The van der Waals surface area contributed by atoms with E-state index >= 15 is 0 Å². The maximum atomic E-state index is 13.3. The van der Waals surface area contributed by atoms with Gasteiger partial charge in [-0.2, -0.15) is 5.10 Å². The molecule has 0 fully saturated rings. The number of hydrogen-bond donors (Lipinski definition) is 1. The number of para-hydroxylation sites is 1. The number of halogens is 2. The van der Waals surface area contributed by atoms with E-state index in [-0.39, 0.29) is 17.2 Å². The molecular weight excluding hydrogens is 568 g/mol. The fourth-order valence-electron chi connectivity index (χ4n) is 3.11. The Morgan fingerprint density at radius 1 is 1.03 bits per heavy atom. The Morgan fingerprint density at radius 2 is 1.79 bits per heavy atom. The molecule has 6 nitrogen and oxygen atoms in total. The second-order valence-electron chi connectivity index (χ2n) is 7.06. The molecule has 0 unspecified atom stereocenters. The van der Waals surface area contributed by atoms with Crippen molar-refractivity contribution in [3.8, 4) is 5.69 Å². The van der Waals surface area contributed by atoms with Crippen LogP contribution in [0.5, 0.6) is 0 Å². The van der Waals surface area contributed by atoms with Crippen LogP contribution in [0.3, 0.4) is 0 Å². The maximum Gasteiger partial charge on any atom is 0.266 e. The smallest absolute Gasteiger partial charge is 0.266 e. The van der Waals surface area contributed by atoms with Crippen LogP contribution in [-0.2, 0) is 4.79 Å². The summed E-state index contributed by atoms with van der Waals surface area (Å²) in [4.78, 5) is 30.4. The molecule has 0 aliphatic carbocycles. The van der Waals surface area contributed by atoms with Crippen molar-refractivity contribution in [1.29, 1.82) is 0 Å². The highest BCUT2D eigenvalue weighted by Gasteiger charge is 2.15. The van der Waals surface area contributed by atoms with E-state index in [1.54, 1.807) is 12.1 Å². The van der Waals surface area contributed by atoms with Gasteiger partial charge in [0, 0.05) is 8.95 Å². The van der Waals surface area contributed by atoms with Gasteiger partial charge in [0.05, 0.1) is 28.1 Å². The number of amides is 1. The topological polar surface area (TPSA) is 76.3 Å². The van der Waals surface area contributed by atoms with Gasteiger partial charge in [0.2, 0.25) is 0 Å². The highest BCUT2D eigenvalue weighted by atomic mass is 79.9. The largest absolute Gasteiger partial charge is 0.272 e. The summed E-state index contributed by atoms with van der Waals surface area (Å²) in [7, 11) is 0. The zero-order chi connectivity index (χ0) is 23.4. The quantitative estimate of drug-likeness (QED) is 0.139. The molecule has 1 amide bonds. The van der Waals surface area contributed by atoms with Gasteiger partial charge in [0.1, 0.15) is 0 Å². The number of carbonyl (C=O) groups excluding carboxylic acids is 1. The van der Waals surface area contributed by atoms with Crippen molar-refractivity contribution in [2.24, 2.45) is 5.10 Å². The minimum absolute atomic E-state index is 0.0522. The molecule has 1 aromatic heterocycles. The summed E-state index contributed by atoms with van der Waals surface area (Å²) in [6.45, 7) is 1.82. The molecule has 1 heterocycles. The van der Waals surface area contributed by atoms with E-state index in [1.807, 2.05) is 67.6 Å². The Balaban J connectivity index is 1.58. The van der Waals surface area contributed by atoms with Crippen molar-refractivity contribution >= 4 is 66.1 Å². The van der Waals surface area contributed by atoms with Crippen LogP contribution < -0.4 is 11.0 Å². The molecule has 4 aromatic rings. The third-order valence-corrected chi connectivity index (χ3v) is 6.71. The van der Waals surface area contributed by atoms with Crippen molar-refractivity contribution in [2.45, 2.75) is 12.1 Å². The highest BCUT2D eigenvalue weighted by Crippen LogP contribution is 2.22. The summed E-state index contributed by atoms with van der Waals surface area (Å²) in [6.07, 6.45) is 0. The van der Waals surface area contributed by atoms with Crippen molar-refractivity contribution in [2.75, 3.05) is 5.75 Å². The molecule has 0 aliphatic rings. The summed E-state index contributed by atoms with van der Waals surface area (Å²) in [5.41, 5.74) is 5.24. The number of benzene rings is 3. The average Bonchev–Trinajstić information content (AvgIpc) is 2.82. The molecule has 0 saturated heterocycles. The first-order valence-electron chi connectivity index (χ1n) is 9.92. The lowest BCUT2D eigenvalue weighted by Gasteiger charge is -2.13. The first-order valence-corrected chi connectivity index (χ1v) is 12.5. The maximum absolute atomic E-state index is 13.3. The number of carbonyl (C=O) groups is 1. The highest BCUT2D eigenvalue weighted by molar-refractivity contribution is 9.10. The summed E-state index contributed by atoms with van der Waals surface area (Å²) in [5.74, 6) is -0.240. The summed E-state index contributed by atoms with van der Waals surface area (Å²) < 4.78 is 3.37. The second-order valence-corrected chi connectivity index (χ2v) is 9.83. The molecule has 166 valence electrons. The standard InChI is InChI=1S/C24H18Br2N4O2S/c1-15(16-5-4-6-18(26)13-16)28-29-22(31)14-33-24-27-21-8-3-2-7-20(21)23(32)30(24)19-11-9-17(25)10-12-19/h2-13H,14H2,1H3,(H,29,31). The fraction of sp³-hybridized carbons (Fsp3) is 0.0833. The van der Waals surface area contributed by atoms with Crippen LogP contribution in [0, 0.1) is 0 Å². The number of nitrogens with zero attached hydrogens (tertiary/aromatic N) is 3. The van der Waals surface area contributed by atoms with E-state index in [0.717, 1.165) is 14.5 Å². The molecule has 0 aliphatic heterocycles. The SMILES string of the molecule is CC(=NNC(=O)CSc1nc2ccccc2c(=O)n1-c1ccc(Br)cc1)c1cccc(Br)c1. The number of fused-ring (bicyclic) bond motifs is 1. The number of aromatic nitrogens is 2. The fourth-order valence-corrected chi connectivity index (χ4v) is 4.58. The lowest BCUT2D eigenvalue weighted by molar-refractivity contribution is -0.118. The van der Waals surface area contributed by atoms with Crippen LogP contribution in [0.15, 0.2) is 96.8 Å². The van der Waals surface area contributed by atoms with Gasteiger partial charge < -0.3 is 0 Å². The minimum Gasteiger partial charge on any atom is -0.272 e. The molecule has 0 saturated carbocycles. The minimum atomic E-state index is -0.292. The molecule has 9 heteroatoms. The van der Waals surface area contributed by atoms with Gasteiger partial charge in [0.25, 0.3) is 11.5 Å². The van der Waals surface area contributed by atoms with E-state index < -0.39 is 0 Å². The van der Waals surface area contributed by atoms with Crippen LogP contribution >= 0.6 is 43.6 Å². The van der Waals surface area contributed by atoms with Crippen LogP contribution in [0.2, 0.25) is 0 Å². The molecule has 4 rings (SSSR count). The molecule has 3 aromatic carbocycles. The van der Waals surface area contributed by atoms with E-state index in [9.17, 15) is 9.59 Å². The Bertz CT molecular complexity index is 1420. The first kappa shape index (κ1) is 23.4. The molecule has 33 heavy (non-hydrogen) atoms. The lowest BCUT2D eigenvalue weighted by atomic mass is 10.1. The normalized spacial score (nSPS) is 11.5. The Morgan fingerprint density at radius 3 is 2.55 bits per heavy atom. The van der Waals surface area contributed by atoms with E-state index in [1.165, 1.54) is 16.3 Å². The van der Waals surface area contributed by atoms with Crippen LogP contribution in [0.4, 0.5) is 0 Å². The van der Waals surface area contributed by atoms with Gasteiger partial charge >= 0.3 is 0 Å². The van der Waals surface area contributed by atoms with Crippen LogP contribution in [0.1, 0.15) is 12.5 Å². The lowest BCUT2D eigenvalue weighted by Crippen LogP contribution is -2.24. The van der Waals surface area contributed by atoms with E-state index in [0.29, 0.717) is 27.5 Å². The van der Waals surface area contributed by atoms with E-state index in [2.05, 4.69) is 47.4 Å². The number of hydrogen-bond acceptors (Lipinski definition) is 5. The van der Waals surface area contributed by atoms with Crippen molar-refractivity contribution in [3.63, 3.8) is 0 Å². The Kier molecular flexibility index (Phi) is 7.42. The zero-order valence-electron chi connectivity index (χ0n) is 17.5. The van der Waals surface area contributed by atoms with Gasteiger partial charge in [-0.05, 0) is 61.0 Å². The number of hydrazone groups is 1. The number of rotatable bonds is 6. The number of thioether (sulfide) groups is 1. The Labute approximate surface area is 211 Å². The van der Waals surface area contributed by atoms with Gasteiger partial charge in [-0.3, -0.25) is 14.2 Å². The van der Waals surface area contributed by atoms with Crippen molar-refractivity contribution in [1.82, 2.24) is 15.0 Å². The predicted octanol–water partition coefficient (Wildman–Crippen LogP) is 5.54. The van der Waals surface area contributed by atoms with Gasteiger partial charge in [-0.15, -0.1) is 0 Å². The number of nitrogens with one attached hydrogen (secondary N) is 1. The third-order valence-electron chi connectivity index (χ3n) is 4.75.